The van der Waals surface area contributed by atoms with Gasteiger partial charge >= 0.3 is 0 Å². The zero-order valence-corrected chi connectivity index (χ0v) is 11.6. The first-order valence-electron chi connectivity index (χ1n) is 6.69. The summed E-state index contributed by atoms with van der Waals surface area (Å²) in [5, 5.41) is 0. The number of nitrogens with two attached hydrogens (primary N) is 1. The first-order valence-corrected chi connectivity index (χ1v) is 6.69. The highest BCUT2D eigenvalue weighted by atomic mass is 16.5. The summed E-state index contributed by atoms with van der Waals surface area (Å²) < 4.78 is 6.17. The molecular weight excluding hydrogens is 234 g/mol. The van der Waals surface area contributed by atoms with Gasteiger partial charge < -0.3 is 10.5 Å². The minimum absolute atomic E-state index is 0.0201. The molecule has 0 saturated carbocycles. The fourth-order valence-corrected chi connectivity index (χ4v) is 2.10. The maximum Gasteiger partial charge on any atom is 0.125 e. The van der Waals surface area contributed by atoms with Crippen LogP contribution in [0.2, 0.25) is 0 Å². The van der Waals surface area contributed by atoms with Crippen molar-refractivity contribution in [3.63, 3.8) is 0 Å². The molecule has 1 unspecified atom stereocenters. The first-order chi connectivity index (χ1) is 9.20. The van der Waals surface area contributed by atoms with E-state index in [1.54, 1.807) is 0 Å². The van der Waals surface area contributed by atoms with Crippen LogP contribution in [-0.2, 0) is 0 Å². The molecule has 0 heterocycles. The van der Waals surface area contributed by atoms with E-state index < -0.39 is 0 Å². The maximum atomic E-state index is 6.17. The van der Waals surface area contributed by atoms with Gasteiger partial charge in [-0.25, -0.2) is 0 Å². The molecule has 2 rings (SSSR count). The summed E-state index contributed by atoms with van der Waals surface area (Å²) in [4.78, 5) is 0. The Balaban J connectivity index is 2.24. The van der Waals surface area contributed by atoms with Crippen molar-refractivity contribution in [3.05, 3.63) is 65.2 Å². The molecule has 0 aliphatic carbocycles. The van der Waals surface area contributed by atoms with Gasteiger partial charge in [-0.3, -0.25) is 0 Å². The van der Waals surface area contributed by atoms with Crippen molar-refractivity contribution in [3.8, 4) is 5.75 Å². The van der Waals surface area contributed by atoms with Crippen LogP contribution in [0.15, 0.2) is 48.5 Å². The summed E-state index contributed by atoms with van der Waals surface area (Å²) in [6.45, 7) is 4.76. The molecule has 19 heavy (non-hydrogen) atoms. The second-order valence-electron chi connectivity index (χ2n) is 4.86. The number of benzene rings is 2. The third kappa shape index (κ3) is 3.58. The highest BCUT2D eigenvalue weighted by Gasteiger charge is 2.13. The highest BCUT2D eigenvalue weighted by Crippen LogP contribution is 2.27. The van der Waals surface area contributed by atoms with E-state index in [-0.39, 0.29) is 6.10 Å². The Morgan fingerprint density at radius 1 is 1.05 bits per heavy atom. The minimum Gasteiger partial charge on any atom is -0.485 e. The summed E-state index contributed by atoms with van der Waals surface area (Å²) in [7, 11) is 0. The number of hydrogen-bond acceptors (Lipinski definition) is 2. The number of aryl methyl sites for hydroxylation is 2. The molecule has 2 aromatic carbocycles. The molecular formula is C17H21NO. The van der Waals surface area contributed by atoms with Gasteiger partial charge in [0.2, 0.25) is 0 Å². The third-order valence-electron chi connectivity index (χ3n) is 3.21. The highest BCUT2D eigenvalue weighted by molar-refractivity contribution is 5.36. The van der Waals surface area contributed by atoms with E-state index in [4.69, 9.17) is 10.5 Å². The molecule has 100 valence electrons. The molecule has 0 amide bonds. The van der Waals surface area contributed by atoms with Crippen molar-refractivity contribution >= 4 is 0 Å². The van der Waals surface area contributed by atoms with Crippen molar-refractivity contribution in [1.82, 2.24) is 0 Å². The van der Waals surface area contributed by atoms with Crippen LogP contribution in [0.5, 0.6) is 5.75 Å². The largest absolute Gasteiger partial charge is 0.485 e. The van der Waals surface area contributed by atoms with E-state index in [0.29, 0.717) is 6.54 Å². The van der Waals surface area contributed by atoms with E-state index in [1.807, 2.05) is 18.2 Å². The standard InChI is InChI=1S/C17H21NO/c1-13-8-9-14(2)17(12-13)19-16(10-11-18)15-6-4-3-5-7-15/h3-9,12,16H,10-11,18H2,1-2H3. The fraction of sp³-hybridized carbons (Fsp3) is 0.294. The lowest BCUT2D eigenvalue weighted by molar-refractivity contribution is 0.196. The van der Waals surface area contributed by atoms with Gasteiger partial charge in [0.15, 0.2) is 0 Å². The van der Waals surface area contributed by atoms with Gasteiger partial charge in [-0.05, 0) is 43.1 Å². The van der Waals surface area contributed by atoms with Gasteiger partial charge in [0, 0.05) is 6.42 Å². The van der Waals surface area contributed by atoms with Gasteiger partial charge in [0.1, 0.15) is 11.9 Å². The minimum atomic E-state index is 0.0201. The average molecular weight is 255 g/mol. The summed E-state index contributed by atoms with van der Waals surface area (Å²) in [5.74, 6) is 0.947. The van der Waals surface area contributed by atoms with Crippen LogP contribution in [0.4, 0.5) is 0 Å². The zero-order chi connectivity index (χ0) is 13.7. The molecule has 0 radical (unpaired) electrons. The predicted molar refractivity (Wildman–Crippen MR) is 79.4 cm³/mol. The smallest absolute Gasteiger partial charge is 0.125 e. The van der Waals surface area contributed by atoms with Crippen molar-refractivity contribution < 1.29 is 4.74 Å². The Labute approximate surface area is 115 Å². The third-order valence-corrected chi connectivity index (χ3v) is 3.21. The molecule has 2 aromatic rings. The number of hydrogen-bond donors (Lipinski definition) is 1. The Morgan fingerprint density at radius 2 is 1.79 bits per heavy atom. The Hall–Kier alpha value is -1.80. The lowest BCUT2D eigenvalue weighted by Crippen LogP contribution is -2.13. The molecule has 0 aliphatic rings. The monoisotopic (exact) mass is 255 g/mol. The van der Waals surface area contributed by atoms with Crippen LogP contribution in [0, 0.1) is 13.8 Å². The molecule has 0 aromatic heterocycles. The van der Waals surface area contributed by atoms with E-state index in [9.17, 15) is 0 Å². The first kappa shape index (κ1) is 13.6. The van der Waals surface area contributed by atoms with Crippen LogP contribution in [-0.4, -0.2) is 6.54 Å². The van der Waals surface area contributed by atoms with Gasteiger partial charge in [-0.2, -0.15) is 0 Å². The second kappa shape index (κ2) is 6.39. The van der Waals surface area contributed by atoms with Crippen molar-refractivity contribution in [1.29, 1.82) is 0 Å². The summed E-state index contributed by atoms with van der Waals surface area (Å²) in [6.07, 6.45) is 0.837. The van der Waals surface area contributed by atoms with Crippen LogP contribution < -0.4 is 10.5 Å². The summed E-state index contributed by atoms with van der Waals surface area (Å²) in [5.41, 5.74) is 9.25. The van der Waals surface area contributed by atoms with Crippen LogP contribution >= 0.6 is 0 Å². The molecule has 0 fully saturated rings. The zero-order valence-electron chi connectivity index (χ0n) is 11.6. The van der Waals surface area contributed by atoms with E-state index in [1.165, 1.54) is 11.1 Å². The van der Waals surface area contributed by atoms with Crippen molar-refractivity contribution in [2.24, 2.45) is 5.73 Å². The van der Waals surface area contributed by atoms with Crippen LogP contribution in [0.25, 0.3) is 0 Å². The normalized spacial score (nSPS) is 12.2. The Morgan fingerprint density at radius 3 is 2.47 bits per heavy atom. The Bertz CT molecular complexity index is 522. The maximum absolute atomic E-state index is 6.17. The molecule has 1 atom stereocenters. The van der Waals surface area contributed by atoms with Gasteiger partial charge in [0.05, 0.1) is 0 Å². The molecule has 0 spiro atoms. The summed E-state index contributed by atoms with van der Waals surface area (Å²) in [6, 6.07) is 16.5. The molecule has 0 bridgehead atoms. The van der Waals surface area contributed by atoms with Gasteiger partial charge in [-0.1, -0.05) is 42.5 Å². The lowest BCUT2D eigenvalue weighted by Gasteiger charge is -2.20. The van der Waals surface area contributed by atoms with E-state index in [2.05, 4.69) is 44.2 Å². The predicted octanol–water partition coefficient (Wildman–Crippen LogP) is 3.77. The second-order valence-corrected chi connectivity index (χ2v) is 4.86. The average Bonchev–Trinajstić information content (AvgIpc) is 2.43. The van der Waals surface area contributed by atoms with E-state index >= 15 is 0 Å². The molecule has 0 saturated heterocycles. The topological polar surface area (TPSA) is 35.2 Å². The number of ether oxygens (including phenoxy) is 1. The van der Waals surface area contributed by atoms with Crippen molar-refractivity contribution in [2.75, 3.05) is 6.54 Å². The van der Waals surface area contributed by atoms with Gasteiger partial charge in [-0.15, -0.1) is 0 Å². The molecule has 0 aliphatic heterocycles. The van der Waals surface area contributed by atoms with Crippen LogP contribution in [0.1, 0.15) is 29.2 Å². The van der Waals surface area contributed by atoms with Gasteiger partial charge in [0.25, 0.3) is 0 Å². The summed E-state index contributed by atoms with van der Waals surface area (Å²) >= 11 is 0. The van der Waals surface area contributed by atoms with Crippen LogP contribution in [0.3, 0.4) is 0 Å². The van der Waals surface area contributed by atoms with E-state index in [0.717, 1.165) is 17.7 Å². The fourth-order valence-electron chi connectivity index (χ4n) is 2.10. The number of rotatable bonds is 5. The SMILES string of the molecule is Cc1ccc(C)c(OC(CCN)c2ccccc2)c1. The quantitative estimate of drug-likeness (QED) is 0.882. The molecule has 2 N–H and O–H groups in total. The lowest BCUT2D eigenvalue weighted by atomic mass is 10.1. The van der Waals surface area contributed by atoms with Crippen molar-refractivity contribution in [2.45, 2.75) is 26.4 Å². The Kier molecular flexibility index (Phi) is 4.58. The molecule has 2 nitrogen and oxygen atoms in total. The molecule has 2 heteroatoms.